The maximum Gasteiger partial charge on any atom is 0.0640 e. The molecular formula is C42H25NS2. The lowest BCUT2D eigenvalue weighted by atomic mass is 9.98. The Morgan fingerprint density at radius 2 is 1.07 bits per heavy atom. The fourth-order valence-corrected chi connectivity index (χ4v) is 9.50. The van der Waals surface area contributed by atoms with Crippen molar-refractivity contribution in [3.05, 3.63) is 152 Å². The van der Waals surface area contributed by atoms with Crippen LogP contribution in [0.4, 0.5) is 0 Å². The second-order valence-corrected chi connectivity index (χ2v) is 13.8. The normalized spacial score (nSPS) is 12.0. The largest absolute Gasteiger partial charge is 0.308 e. The SMILES string of the molecule is c1ccc(-c2ccc3c(c2)c2ccccc2n3-c2cccc3c2sc2cccc(-c4ccc5sc6ccccc6c5c4)c23)cc1. The summed E-state index contributed by atoms with van der Waals surface area (Å²) in [5.74, 6) is 0. The van der Waals surface area contributed by atoms with Crippen LogP contribution in [0.1, 0.15) is 0 Å². The number of nitrogens with zero attached hydrogens (tertiary/aromatic N) is 1. The van der Waals surface area contributed by atoms with Gasteiger partial charge in [-0.1, -0.05) is 103 Å². The number of thiophene rings is 2. The van der Waals surface area contributed by atoms with Crippen LogP contribution in [0.5, 0.6) is 0 Å². The molecule has 0 radical (unpaired) electrons. The Morgan fingerprint density at radius 1 is 0.378 bits per heavy atom. The minimum absolute atomic E-state index is 1.23. The van der Waals surface area contributed by atoms with Gasteiger partial charge in [-0.15, -0.1) is 22.7 Å². The standard InChI is InChI=1S/C42H25NS2/c1-2-10-26(11-3-1)27-20-22-36-33(24-27)30-12-4-6-16-35(30)43(36)37-17-8-15-32-41-29(14-9-19-40(41)45-42(32)37)28-21-23-39-34(25-28)31-13-5-7-18-38(31)44-39/h1-25H. The van der Waals surface area contributed by atoms with Crippen molar-refractivity contribution in [2.24, 2.45) is 0 Å². The summed E-state index contributed by atoms with van der Waals surface area (Å²) in [5, 5.41) is 7.88. The van der Waals surface area contributed by atoms with Gasteiger partial charge in [-0.05, 0) is 70.8 Å². The van der Waals surface area contributed by atoms with E-state index in [-0.39, 0.29) is 0 Å². The zero-order valence-corrected chi connectivity index (χ0v) is 25.8. The molecule has 0 saturated carbocycles. The lowest BCUT2D eigenvalue weighted by Crippen LogP contribution is -1.93. The molecule has 0 bridgehead atoms. The van der Waals surface area contributed by atoms with E-state index in [1.165, 1.54) is 90.1 Å². The third kappa shape index (κ3) is 3.72. The first-order valence-electron chi connectivity index (χ1n) is 15.3. The second kappa shape index (κ2) is 9.64. The minimum Gasteiger partial charge on any atom is -0.308 e. The number of hydrogen-bond acceptors (Lipinski definition) is 2. The third-order valence-corrected chi connectivity index (χ3v) is 11.6. The molecule has 0 amide bonds. The maximum atomic E-state index is 2.47. The van der Waals surface area contributed by atoms with Crippen LogP contribution >= 0.6 is 22.7 Å². The van der Waals surface area contributed by atoms with E-state index in [4.69, 9.17) is 0 Å². The van der Waals surface area contributed by atoms with Crippen molar-refractivity contribution >= 4 is 84.8 Å². The van der Waals surface area contributed by atoms with Gasteiger partial charge in [0.15, 0.2) is 0 Å². The first kappa shape index (κ1) is 25.1. The zero-order chi connectivity index (χ0) is 29.5. The smallest absolute Gasteiger partial charge is 0.0640 e. The predicted molar refractivity (Wildman–Crippen MR) is 197 cm³/mol. The van der Waals surface area contributed by atoms with Crippen molar-refractivity contribution in [3.63, 3.8) is 0 Å². The van der Waals surface area contributed by atoms with Crippen molar-refractivity contribution in [3.8, 4) is 27.9 Å². The maximum absolute atomic E-state index is 2.47. The number of rotatable bonds is 3. The highest BCUT2D eigenvalue weighted by atomic mass is 32.1. The van der Waals surface area contributed by atoms with Gasteiger partial charge in [0.2, 0.25) is 0 Å². The van der Waals surface area contributed by atoms with E-state index in [2.05, 4.69) is 156 Å². The summed E-state index contributed by atoms with van der Waals surface area (Å²) in [6, 6.07) is 55.8. The molecule has 210 valence electrons. The van der Waals surface area contributed by atoms with E-state index >= 15 is 0 Å². The van der Waals surface area contributed by atoms with Crippen LogP contribution in [0.25, 0.3) is 90.1 Å². The van der Waals surface area contributed by atoms with E-state index < -0.39 is 0 Å². The molecule has 0 unspecified atom stereocenters. The quantitative estimate of drug-likeness (QED) is 0.188. The van der Waals surface area contributed by atoms with Crippen LogP contribution in [0.3, 0.4) is 0 Å². The molecule has 0 aliphatic rings. The Morgan fingerprint density at radius 3 is 2.00 bits per heavy atom. The van der Waals surface area contributed by atoms with Crippen LogP contribution < -0.4 is 0 Å². The molecule has 10 rings (SSSR count). The average Bonchev–Trinajstić information content (AvgIpc) is 3.77. The van der Waals surface area contributed by atoms with Gasteiger partial charge < -0.3 is 4.57 Å². The van der Waals surface area contributed by atoms with Crippen molar-refractivity contribution in [1.29, 1.82) is 0 Å². The van der Waals surface area contributed by atoms with Gasteiger partial charge in [0, 0.05) is 46.4 Å². The first-order valence-corrected chi connectivity index (χ1v) is 16.9. The van der Waals surface area contributed by atoms with Crippen LogP contribution in [0.2, 0.25) is 0 Å². The van der Waals surface area contributed by atoms with E-state index in [0.29, 0.717) is 0 Å². The number of benzene rings is 7. The molecule has 0 aliphatic heterocycles. The van der Waals surface area contributed by atoms with Gasteiger partial charge in [-0.25, -0.2) is 0 Å². The molecule has 0 atom stereocenters. The van der Waals surface area contributed by atoms with Crippen molar-refractivity contribution in [2.45, 2.75) is 0 Å². The summed E-state index contributed by atoms with van der Waals surface area (Å²) in [7, 11) is 0. The second-order valence-electron chi connectivity index (χ2n) is 11.7. The average molecular weight is 608 g/mol. The Kier molecular flexibility index (Phi) is 5.39. The van der Waals surface area contributed by atoms with Crippen LogP contribution in [-0.2, 0) is 0 Å². The van der Waals surface area contributed by atoms with E-state index in [1.807, 2.05) is 22.7 Å². The van der Waals surface area contributed by atoms with Crippen LogP contribution in [0.15, 0.2) is 152 Å². The van der Waals surface area contributed by atoms with Gasteiger partial charge in [0.05, 0.1) is 21.4 Å². The lowest BCUT2D eigenvalue weighted by Gasteiger charge is -2.10. The Labute approximate surface area is 267 Å². The molecule has 0 saturated heterocycles. The molecule has 10 aromatic rings. The van der Waals surface area contributed by atoms with Crippen LogP contribution in [-0.4, -0.2) is 4.57 Å². The van der Waals surface area contributed by atoms with Gasteiger partial charge in [0.1, 0.15) is 0 Å². The summed E-state index contributed by atoms with van der Waals surface area (Å²) in [4.78, 5) is 0. The van der Waals surface area contributed by atoms with E-state index in [1.54, 1.807) is 0 Å². The zero-order valence-electron chi connectivity index (χ0n) is 24.2. The van der Waals surface area contributed by atoms with Crippen molar-refractivity contribution < 1.29 is 0 Å². The lowest BCUT2D eigenvalue weighted by molar-refractivity contribution is 1.20. The predicted octanol–water partition coefficient (Wildman–Crippen LogP) is 12.9. The summed E-state index contributed by atoms with van der Waals surface area (Å²) in [6.07, 6.45) is 0. The number of aromatic nitrogens is 1. The Balaban J connectivity index is 1.22. The monoisotopic (exact) mass is 607 g/mol. The molecule has 3 aromatic heterocycles. The molecule has 1 nitrogen and oxygen atoms in total. The molecule has 0 N–H and O–H groups in total. The minimum atomic E-state index is 1.23. The summed E-state index contributed by atoms with van der Waals surface area (Å²) in [6.45, 7) is 0. The van der Waals surface area contributed by atoms with E-state index in [9.17, 15) is 0 Å². The number of hydrogen-bond donors (Lipinski definition) is 0. The highest BCUT2D eigenvalue weighted by molar-refractivity contribution is 7.26. The molecule has 0 fully saturated rings. The Hall–Kier alpha value is -5.22. The number of para-hydroxylation sites is 1. The van der Waals surface area contributed by atoms with Gasteiger partial charge in [0.25, 0.3) is 0 Å². The highest BCUT2D eigenvalue weighted by Crippen LogP contribution is 2.45. The van der Waals surface area contributed by atoms with Gasteiger partial charge in [-0.2, -0.15) is 0 Å². The van der Waals surface area contributed by atoms with Gasteiger partial charge in [-0.3, -0.25) is 0 Å². The molecule has 7 aromatic carbocycles. The van der Waals surface area contributed by atoms with Crippen molar-refractivity contribution in [1.82, 2.24) is 4.57 Å². The summed E-state index contributed by atoms with van der Waals surface area (Å²) < 4.78 is 7.79. The molecule has 0 spiro atoms. The van der Waals surface area contributed by atoms with E-state index in [0.717, 1.165) is 0 Å². The Bertz CT molecular complexity index is 2760. The molecule has 3 heteroatoms. The molecule has 45 heavy (non-hydrogen) atoms. The fraction of sp³-hybridized carbons (Fsp3) is 0. The van der Waals surface area contributed by atoms with Crippen LogP contribution in [0, 0.1) is 0 Å². The summed E-state index contributed by atoms with van der Waals surface area (Å²) in [5.41, 5.74) is 8.75. The van der Waals surface area contributed by atoms with Gasteiger partial charge >= 0.3 is 0 Å². The fourth-order valence-electron chi connectivity index (χ4n) is 7.19. The van der Waals surface area contributed by atoms with Crippen molar-refractivity contribution in [2.75, 3.05) is 0 Å². The highest BCUT2D eigenvalue weighted by Gasteiger charge is 2.19. The molecule has 0 aliphatic carbocycles. The third-order valence-electron chi connectivity index (χ3n) is 9.21. The molecular weight excluding hydrogens is 583 g/mol. The first-order chi connectivity index (χ1) is 22.3. The summed E-state index contributed by atoms with van der Waals surface area (Å²) >= 11 is 3.78. The number of fused-ring (bicyclic) bond motifs is 9. The molecule has 3 heterocycles. The topological polar surface area (TPSA) is 4.93 Å².